The first-order valence-electron chi connectivity index (χ1n) is 14.1. The molecule has 3 rings (SSSR count). The Morgan fingerprint density at radius 1 is 0.697 bits per heavy atom. The van der Waals surface area contributed by atoms with Gasteiger partial charge in [0.05, 0.1) is 0 Å². The van der Waals surface area contributed by atoms with Gasteiger partial charge in [0.1, 0.15) is 0 Å². The maximum absolute atomic E-state index is 4.71. The van der Waals surface area contributed by atoms with E-state index in [0.717, 1.165) is 24.1 Å². The van der Waals surface area contributed by atoms with Crippen LogP contribution in [-0.4, -0.2) is 9.97 Å². The lowest BCUT2D eigenvalue weighted by molar-refractivity contribution is 0.252. The summed E-state index contributed by atoms with van der Waals surface area (Å²) in [4.78, 5) is 9.42. The summed E-state index contributed by atoms with van der Waals surface area (Å²) in [5.74, 6) is 2.82. The van der Waals surface area contributed by atoms with Crippen molar-refractivity contribution >= 4 is 0 Å². The molecular formula is C31H48N2. The molecule has 0 unspecified atom stereocenters. The molecule has 1 aliphatic carbocycles. The van der Waals surface area contributed by atoms with Crippen molar-refractivity contribution in [2.75, 3.05) is 0 Å². The van der Waals surface area contributed by atoms with Crippen LogP contribution in [0.4, 0.5) is 0 Å². The maximum Gasteiger partial charge on any atom is 0.159 e. The molecule has 2 aromatic rings. The van der Waals surface area contributed by atoms with Crippen LogP contribution in [0.25, 0.3) is 11.4 Å². The monoisotopic (exact) mass is 448 g/mol. The van der Waals surface area contributed by atoms with Gasteiger partial charge < -0.3 is 0 Å². The third-order valence-corrected chi connectivity index (χ3v) is 7.81. The van der Waals surface area contributed by atoms with Gasteiger partial charge in [0.15, 0.2) is 5.82 Å². The van der Waals surface area contributed by atoms with Gasteiger partial charge in [-0.3, -0.25) is 0 Å². The molecule has 0 N–H and O–H groups in total. The summed E-state index contributed by atoms with van der Waals surface area (Å²) in [5, 5.41) is 0. The highest BCUT2D eigenvalue weighted by Gasteiger charge is 2.20. The maximum atomic E-state index is 4.71. The summed E-state index contributed by atoms with van der Waals surface area (Å²) in [6.45, 7) is 6.82. The number of unbranched alkanes of at least 4 members (excludes halogenated alkanes) is 6. The summed E-state index contributed by atoms with van der Waals surface area (Å²) in [7, 11) is 0. The van der Waals surface area contributed by atoms with Gasteiger partial charge in [-0.05, 0) is 61.1 Å². The van der Waals surface area contributed by atoms with Crippen LogP contribution in [0.2, 0.25) is 0 Å². The summed E-state index contributed by atoms with van der Waals surface area (Å²) in [6, 6.07) is 6.92. The Morgan fingerprint density at radius 2 is 1.33 bits per heavy atom. The Balaban J connectivity index is 1.42. The van der Waals surface area contributed by atoms with Crippen molar-refractivity contribution in [3.05, 3.63) is 47.3 Å². The van der Waals surface area contributed by atoms with E-state index in [4.69, 9.17) is 9.97 Å². The highest BCUT2D eigenvalue weighted by molar-refractivity contribution is 5.60. The lowest BCUT2D eigenvalue weighted by atomic mass is 9.78. The minimum Gasteiger partial charge on any atom is -0.236 e. The average molecular weight is 449 g/mol. The largest absolute Gasteiger partial charge is 0.236 e. The fourth-order valence-corrected chi connectivity index (χ4v) is 5.63. The molecule has 1 aromatic heterocycles. The van der Waals surface area contributed by atoms with Crippen LogP contribution in [0.3, 0.4) is 0 Å². The number of aromatic nitrogens is 2. The zero-order chi connectivity index (χ0) is 23.3. The fraction of sp³-hybridized carbons (Fsp3) is 0.677. The van der Waals surface area contributed by atoms with Gasteiger partial charge >= 0.3 is 0 Å². The predicted molar refractivity (Wildman–Crippen MR) is 143 cm³/mol. The molecule has 2 nitrogen and oxygen atoms in total. The number of hydrogen-bond donors (Lipinski definition) is 0. The van der Waals surface area contributed by atoms with Crippen LogP contribution < -0.4 is 0 Å². The average Bonchev–Trinajstić information content (AvgIpc) is 2.84. The molecule has 1 saturated carbocycles. The SMILES string of the molecule is CCCCCCCCCc1cnc(-c2ccc(CC[C@H]3CC[C@H](CCC)CC3)cc2C)nc1. The van der Waals surface area contributed by atoms with Crippen molar-refractivity contribution < 1.29 is 0 Å². The van der Waals surface area contributed by atoms with Crippen molar-refractivity contribution in [3.8, 4) is 11.4 Å². The predicted octanol–water partition coefficient (Wildman–Crippen LogP) is 9.28. The molecule has 182 valence electrons. The Bertz CT molecular complexity index is 787. The summed E-state index contributed by atoms with van der Waals surface area (Å²) < 4.78 is 0. The lowest BCUT2D eigenvalue weighted by Gasteiger charge is -2.28. The molecule has 0 radical (unpaired) electrons. The van der Waals surface area contributed by atoms with Crippen LogP contribution >= 0.6 is 0 Å². The first-order chi connectivity index (χ1) is 16.2. The Hall–Kier alpha value is -1.70. The normalized spacial score (nSPS) is 18.5. The highest BCUT2D eigenvalue weighted by Crippen LogP contribution is 2.34. The van der Waals surface area contributed by atoms with E-state index in [-0.39, 0.29) is 0 Å². The smallest absolute Gasteiger partial charge is 0.159 e. The summed E-state index contributed by atoms with van der Waals surface area (Å²) in [5.41, 5.74) is 5.23. The van der Waals surface area contributed by atoms with E-state index in [9.17, 15) is 0 Å². The fourth-order valence-electron chi connectivity index (χ4n) is 5.63. The van der Waals surface area contributed by atoms with Gasteiger partial charge in [-0.2, -0.15) is 0 Å². The third kappa shape index (κ3) is 8.87. The van der Waals surface area contributed by atoms with Gasteiger partial charge in [-0.25, -0.2) is 9.97 Å². The molecule has 0 atom stereocenters. The van der Waals surface area contributed by atoms with Crippen LogP contribution in [-0.2, 0) is 12.8 Å². The molecule has 0 spiro atoms. The standard InChI is InChI=1S/C31H48N2/c1-4-6-7-8-9-10-11-13-29-23-32-31(33-24-29)30-21-20-28(22-25(30)3)19-18-27-16-14-26(12-5-2)15-17-27/h20-24,26-27H,4-19H2,1-3H3/t26-,27-. The summed E-state index contributed by atoms with van der Waals surface area (Å²) in [6.07, 6.45) is 25.8. The number of nitrogens with zero attached hydrogens (tertiary/aromatic N) is 2. The van der Waals surface area contributed by atoms with E-state index in [0.29, 0.717) is 0 Å². The minimum absolute atomic E-state index is 0.872. The topological polar surface area (TPSA) is 25.8 Å². The molecule has 1 aliphatic rings. The van der Waals surface area contributed by atoms with Crippen molar-refractivity contribution in [1.29, 1.82) is 0 Å². The van der Waals surface area contributed by atoms with Crippen LogP contribution in [0.15, 0.2) is 30.6 Å². The number of benzene rings is 1. The van der Waals surface area contributed by atoms with E-state index in [1.54, 1.807) is 0 Å². The Labute approximate surface area is 204 Å². The Kier molecular flexibility index (Phi) is 11.4. The second-order valence-corrected chi connectivity index (χ2v) is 10.6. The molecule has 0 aliphatic heterocycles. The number of aryl methyl sites for hydroxylation is 3. The van der Waals surface area contributed by atoms with E-state index in [1.165, 1.54) is 119 Å². The van der Waals surface area contributed by atoms with Crippen molar-refractivity contribution in [2.24, 2.45) is 11.8 Å². The quantitative estimate of drug-likeness (QED) is 0.269. The van der Waals surface area contributed by atoms with Crippen LogP contribution in [0.1, 0.15) is 120 Å². The van der Waals surface area contributed by atoms with Gasteiger partial charge in [-0.15, -0.1) is 0 Å². The molecule has 1 heterocycles. The molecule has 0 bridgehead atoms. The van der Waals surface area contributed by atoms with Crippen molar-refractivity contribution in [3.63, 3.8) is 0 Å². The summed E-state index contributed by atoms with van der Waals surface area (Å²) >= 11 is 0. The van der Waals surface area contributed by atoms with Crippen molar-refractivity contribution in [1.82, 2.24) is 9.97 Å². The minimum atomic E-state index is 0.872. The molecule has 0 saturated heterocycles. The number of hydrogen-bond acceptors (Lipinski definition) is 2. The third-order valence-electron chi connectivity index (χ3n) is 7.81. The zero-order valence-corrected chi connectivity index (χ0v) is 21.7. The van der Waals surface area contributed by atoms with Gasteiger partial charge in [0, 0.05) is 18.0 Å². The first kappa shape index (κ1) is 25.9. The molecule has 1 fully saturated rings. The van der Waals surface area contributed by atoms with E-state index in [2.05, 4.69) is 39.0 Å². The van der Waals surface area contributed by atoms with E-state index in [1.807, 2.05) is 12.4 Å². The lowest BCUT2D eigenvalue weighted by Crippen LogP contribution is -2.15. The highest BCUT2D eigenvalue weighted by atomic mass is 14.9. The van der Waals surface area contributed by atoms with Crippen LogP contribution in [0.5, 0.6) is 0 Å². The molecule has 1 aromatic carbocycles. The van der Waals surface area contributed by atoms with Gasteiger partial charge in [-0.1, -0.05) is 109 Å². The second kappa shape index (κ2) is 14.5. The van der Waals surface area contributed by atoms with Gasteiger partial charge in [0.25, 0.3) is 0 Å². The molecule has 2 heteroatoms. The first-order valence-corrected chi connectivity index (χ1v) is 14.1. The number of rotatable bonds is 14. The Morgan fingerprint density at radius 3 is 1.97 bits per heavy atom. The van der Waals surface area contributed by atoms with E-state index >= 15 is 0 Å². The van der Waals surface area contributed by atoms with E-state index < -0.39 is 0 Å². The van der Waals surface area contributed by atoms with Crippen LogP contribution in [0, 0.1) is 18.8 Å². The van der Waals surface area contributed by atoms with Gasteiger partial charge in [0.2, 0.25) is 0 Å². The van der Waals surface area contributed by atoms with Crippen molar-refractivity contribution in [2.45, 2.75) is 124 Å². The molecule has 33 heavy (non-hydrogen) atoms. The molecule has 0 amide bonds. The second-order valence-electron chi connectivity index (χ2n) is 10.6. The molecular weight excluding hydrogens is 400 g/mol. The zero-order valence-electron chi connectivity index (χ0n) is 21.7.